The number of nitrogens with one attached hydrogen (secondary N) is 1. The highest BCUT2D eigenvalue weighted by Gasteiger charge is 2.21. The van der Waals surface area contributed by atoms with Crippen LogP contribution in [-0.2, 0) is 4.74 Å². The van der Waals surface area contributed by atoms with E-state index in [1.807, 2.05) is 0 Å². The van der Waals surface area contributed by atoms with Gasteiger partial charge in [-0.25, -0.2) is 9.78 Å². The Balaban J connectivity index is 2.80. The molecule has 0 aliphatic heterocycles. The van der Waals surface area contributed by atoms with Gasteiger partial charge in [0.15, 0.2) is 0 Å². The zero-order chi connectivity index (χ0) is 13.7. The molecule has 0 aliphatic carbocycles. The van der Waals surface area contributed by atoms with Crippen molar-refractivity contribution in [1.82, 2.24) is 9.97 Å². The first-order chi connectivity index (χ1) is 8.41. The predicted molar refractivity (Wildman–Crippen MR) is 62.5 cm³/mol. The third-order valence-electron chi connectivity index (χ3n) is 1.85. The van der Waals surface area contributed by atoms with Crippen LogP contribution in [0.1, 0.15) is 5.69 Å². The first kappa shape index (κ1) is 13.9. The van der Waals surface area contributed by atoms with Crippen LogP contribution in [0.25, 0.3) is 0 Å². The number of carbonyl (C=O) groups is 1. The molecule has 1 rings (SSSR count). The van der Waals surface area contributed by atoms with Gasteiger partial charge in [-0.05, 0) is 18.5 Å². The monoisotopic (exact) mass is 275 g/mol. The standard InChI is InChI=1S/C8H10ClN5O4/c1-4-5(14(16)17)6(13-7(9)12-4)11-2-3-18-8(10)15/h2-3H2,1H3,(H2,10,15)(H,11,12,13). The van der Waals surface area contributed by atoms with Crippen LogP contribution in [0.3, 0.4) is 0 Å². The van der Waals surface area contributed by atoms with Gasteiger partial charge in [0.2, 0.25) is 11.1 Å². The zero-order valence-corrected chi connectivity index (χ0v) is 10.1. The number of primary amides is 1. The van der Waals surface area contributed by atoms with Gasteiger partial charge in [0.1, 0.15) is 12.3 Å². The summed E-state index contributed by atoms with van der Waals surface area (Å²) in [5.74, 6) is -0.0365. The van der Waals surface area contributed by atoms with Gasteiger partial charge in [-0.2, -0.15) is 4.98 Å². The molecule has 0 aliphatic rings. The number of aryl methyl sites for hydroxylation is 1. The van der Waals surface area contributed by atoms with Gasteiger partial charge in [0, 0.05) is 0 Å². The van der Waals surface area contributed by atoms with E-state index < -0.39 is 11.0 Å². The second-order valence-electron chi connectivity index (χ2n) is 3.13. The van der Waals surface area contributed by atoms with Gasteiger partial charge in [0.05, 0.1) is 11.5 Å². The average molecular weight is 276 g/mol. The molecule has 0 bridgehead atoms. The van der Waals surface area contributed by atoms with Crippen LogP contribution < -0.4 is 11.1 Å². The number of nitrogens with zero attached hydrogens (tertiary/aromatic N) is 3. The quantitative estimate of drug-likeness (QED) is 0.352. The predicted octanol–water partition coefficient (Wildman–Crippen LogP) is 0.854. The highest BCUT2D eigenvalue weighted by Crippen LogP contribution is 2.26. The van der Waals surface area contributed by atoms with Crippen LogP contribution in [0, 0.1) is 17.0 Å². The summed E-state index contributed by atoms with van der Waals surface area (Å²) in [6.45, 7) is 1.50. The average Bonchev–Trinajstić information content (AvgIpc) is 2.22. The van der Waals surface area contributed by atoms with E-state index in [2.05, 4.69) is 20.0 Å². The van der Waals surface area contributed by atoms with Crippen molar-refractivity contribution in [3.63, 3.8) is 0 Å². The van der Waals surface area contributed by atoms with Crippen molar-refractivity contribution in [2.75, 3.05) is 18.5 Å². The molecule has 0 fully saturated rings. The number of ether oxygens (including phenoxy) is 1. The van der Waals surface area contributed by atoms with Gasteiger partial charge in [-0.15, -0.1) is 0 Å². The summed E-state index contributed by atoms with van der Waals surface area (Å²) >= 11 is 5.60. The molecule has 0 aromatic carbocycles. The maximum atomic E-state index is 10.8. The lowest BCUT2D eigenvalue weighted by Gasteiger charge is -2.07. The molecular weight excluding hydrogens is 266 g/mol. The lowest BCUT2D eigenvalue weighted by Crippen LogP contribution is -2.19. The molecule has 10 heteroatoms. The van der Waals surface area contributed by atoms with E-state index in [0.29, 0.717) is 0 Å². The van der Waals surface area contributed by atoms with Crippen LogP contribution in [0.15, 0.2) is 0 Å². The molecule has 0 atom stereocenters. The first-order valence-electron chi connectivity index (χ1n) is 4.76. The molecule has 9 nitrogen and oxygen atoms in total. The SMILES string of the molecule is Cc1nc(Cl)nc(NCCOC(N)=O)c1[N+](=O)[O-]. The van der Waals surface area contributed by atoms with E-state index in [4.69, 9.17) is 17.3 Å². The molecule has 0 saturated carbocycles. The minimum Gasteiger partial charge on any atom is -0.448 e. The summed E-state index contributed by atoms with van der Waals surface area (Å²) in [7, 11) is 0. The Bertz CT molecular complexity index is 481. The van der Waals surface area contributed by atoms with Crippen LogP contribution in [0.5, 0.6) is 0 Å². The number of nitrogens with two attached hydrogens (primary N) is 1. The van der Waals surface area contributed by atoms with Gasteiger partial charge >= 0.3 is 11.8 Å². The second kappa shape index (κ2) is 5.96. The Kier molecular flexibility index (Phi) is 4.60. The van der Waals surface area contributed by atoms with Gasteiger partial charge in [0.25, 0.3) is 0 Å². The third kappa shape index (κ3) is 3.70. The van der Waals surface area contributed by atoms with Crippen molar-refractivity contribution >= 4 is 29.2 Å². The molecule has 3 N–H and O–H groups in total. The van der Waals surface area contributed by atoms with Crippen molar-refractivity contribution in [2.45, 2.75) is 6.92 Å². The Morgan fingerprint density at radius 2 is 2.28 bits per heavy atom. The number of halogens is 1. The number of amides is 1. The molecule has 1 amide bonds. The molecule has 1 heterocycles. The fraction of sp³-hybridized carbons (Fsp3) is 0.375. The number of carbonyl (C=O) groups excluding carboxylic acids is 1. The van der Waals surface area contributed by atoms with E-state index >= 15 is 0 Å². The number of anilines is 1. The van der Waals surface area contributed by atoms with E-state index in [1.54, 1.807) is 0 Å². The van der Waals surface area contributed by atoms with Crippen LogP contribution >= 0.6 is 11.6 Å². The van der Waals surface area contributed by atoms with E-state index in [-0.39, 0.29) is 35.6 Å². The van der Waals surface area contributed by atoms with Crippen LogP contribution in [0.4, 0.5) is 16.3 Å². The number of hydrogen-bond donors (Lipinski definition) is 2. The molecule has 1 aromatic heterocycles. The Morgan fingerprint density at radius 3 is 2.83 bits per heavy atom. The summed E-state index contributed by atoms with van der Waals surface area (Å²) in [6.07, 6.45) is -0.928. The molecule has 0 unspecified atom stereocenters. The van der Waals surface area contributed by atoms with Crippen molar-refractivity contribution < 1.29 is 14.5 Å². The van der Waals surface area contributed by atoms with E-state index in [1.165, 1.54) is 6.92 Å². The topological polar surface area (TPSA) is 133 Å². The van der Waals surface area contributed by atoms with Crippen molar-refractivity contribution in [2.24, 2.45) is 5.73 Å². The van der Waals surface area contributed by atoms with E-state index in [0.717, 1.165) is 0 Å². The molecule has 0 saturated heterocycles. The third-order valence-corrected chi connectivity index (χ3v) is 2.02. The minimum atomic E-state index is -0.928. The maximum absolute atomic E-state index is 10.8. The van der Waals surface area contributed by atoms with Crippen LogP contribution in [0.2, 0.25) is 5.28 Å². The van der Waals surface area contributed by atoms with Crippen LogP contribution in [-0.4, -0.2) is 34.1 Å². The highest BCUT2D eigenvalue weighted by atomic mass is 35.5. The fourth-order valence-electron chi connectivity index (χ4n) is 1.20. The number of nitro groups is 1. The number of aromatic nitrogens is 2. The van der Waals surface area contributed by atoms with Crippen molar-refractivity contribution in [3.05, 3.63) is 21.1 Å². The summed E-state index contributed by atoms with van der Waals surface area (Å²) in [4.78, 5) is 27.9. The highest BCUT2D eigenvalue weighted by molar-refractivity contribution is 6.28. The van der Waals surface area contributed by atoms with E-state index in [9.17, 15) is 14.9 Å². The molecule has 98 valence electrons. The summed E-state index contributed by atoms with van der Waals surface area (Å²) < 4.78 is 4.45. The molecule has 0 radical (unpaired) electrons. The van der Waals surface area contributed by atoms with Crippen molar-refractivity contribution in [3.8, 4) is 0 Å². The van der Waals surface area contributed by atoms with Gasteiger partial charge in [-0.1, -0.05) is 0 Å². The summed E-state index contributed by atoms with van der Waals surface area (Å²) in [6, 6.07) is 0. The summed E-state index contributed by atoms with van der Waals surface area (Å²) in [5, 5.41) is 13.3. The van der Waals surface area contributed by atoms with Gasteiger partial charge in [-0.3, -0.25) is 10.1 Å². The Hall–Kier alpha value is -2.16. The Labute approximate surface area is 106 Å². The van der Waals surface area contributed by atoms with Gasteiger partial charge < -0.3 is 15.8 Å². The fourth-order valence-corrected chi connectivity index (χ4v) is 1.41. The Morgan fingerprint density at radius 1 is 1.61 bits per heavy atom. The normalized spacial score (nSPS) is 9.89. The zero-order valence-electron chi connectivity index (χ0n) is 9.34. The molecule has 1 aromatic rings. The lowest BCUT2D eigenvalue weighted by molar-refractivity contribution is -0.385. The molecule has 0 spiro atoms. The molecular formula is C8H10ClN5O4. The number of hydrogen-bond acceptors (Lipinski definition) is 7. The summed E-state index contributed by atoms with van der Waals surface area (Å²) in [5.41, 5.74) is 4.61. The minimum absolute atomic E-state index is 0.0365. The smallest absolute Gasteiger partial charge is 0.404 e. The maximum Gasteiger partial charge on any atom is 0.404 e. The van der Waals surface area contributed by atoms with Crippen molar-refractivity contribution in [1.29, 1.82) is 0 Å². The lowest BCUT2D eigenvalue weighted by atomic mass is 10.3. The first-order valence-corrected chi connectivity index (χ1v) is 5.14. The largest absolute Gasteiger partial charge is 0.448 e. The molecule has 18 heavy (non-hydrogen) atoms. The number of rotatable bonds is 5. The second-order valence-corrected chi connectivity index (χ2v) is 3.46.